The number of carbonyl (C=O) groups excluding carboxylic acids is 4. The number of alkyl halides is 6. The number of aromatic nitrogens is 1. The quantitative estimate of drug-likeness (QED) is 0.141. The van der Waals surface area contributed by atoms with Crippen LogP contribution in [0.25, 0.3) is 11.3 Å². The van der Waals surface area contributed by atoms with E-state index in [4.69, 9.17) is 0 Å². The molecule has 52 heavy (non-hydrogen) atoms. The molecule has 0 radical (unpaired) electrons. The van der Waals surface area contributed by atoms with E-state index in [2.05, 4.69) is 14.5 Å². The minimum absolute atomic E-state index is 0.0103. The Labute approximate surface area is 292 Å². The number of methoxy groups -OCH3 is 2. The fraction of sp³-hybridized carbons (Fsp3) is 0.516. The Hall–Kier alpha value is -4.79. The lowest BCUT2D eigenvalue weighted by atomic mass is 9.83. The van der Waals surface area contributed by atoms with Crippen LogP contribution in [0.15, 0.2) is 36.5 Å². The summed E-state index contributed by atoms with van der Waals surface area (Å²) in [5.41, 5.74) is -4.51. The predicted octanol–water partition coefficient (Wildman–Crippen LogP) is 3.96. The highest BCUT2D eigenvalue weighted by Crippen LogP contribution is 2.41. The Morgan fingerprint density at radius 1 is 0.827 bits per heavy atom. The second-order valence-corrected chi connectivity index (χ2v) is 12.5. The second kappa shape index (κ2) is 17.2. The molecule has 13 nitrogen and oxygen atoms in total. The molecule has 21 heteroatoms. The van der Waals surface area contributed by atoms with Crippen LogP contribution in [0.5, 0.6) is 0 Å². The summed E-state index contributed by atoms with van der Waals surface area (Å²) in [6.07, 6.45) is -13.6. The SMILES string of the molecule is COC(=O)NC(C(=O)NC[C@@H](O)CN(Cc1c(F)cc(-c2ccccn2)cc1F)NC(=O)[C@@H](NC(=O)OC)C(C)(C)C(F)(F)F)C(C)(C)C(F)(F)F. The molecule has 1 unspecified atom stereocenters. The number of amides is 4. The monoisotopic (exact) mass is 758 g/mol. The van der Waals surface area contributed by atoms with Crippen LogP contribution in [-0.4, -0.2) is 96.9 Å². The molecule has 0 aliphatic carbocycles. The summed E-state index contributed by atoms with van der Waals surface area (Å²) >= 11 is 0. The van der Waals surface area contributed by atoms with Gasteiger partial charge in [-0.25, -0.2) is 23.4 Å². The van der Waals surface area contributed by atoms with Gasteiger partial charge in [0.15, 0.2) is 0 Å². The van der Waals surface area contributed by atoms with Gasteiger partial charge in [-0.2, -0.15) is 26.3 Å². The van der Waals surface area contributed by atoms with Crippen molar-refractivity contribution >= 4 is 24.0 Å². The molecule has 3 atom stereocenters. The highest BCUT2D eigenvalue weighted by molar-refractivity contribution is 5.87. The fourth-order valence-corrected chi connectivity index (χ4v) is 4.46. The molecule has 0 saturated carbocycles. The first-order valence-corrected chi connectivity index (χ1v) is 15.1. The van der Waals surface area contributed by atoms with Crippen molar-refractivity contribution < 1.29 is 68.9 Å². The van der Waals surface area contributed by atoms with Crippen LogP contribution in [0.1, 0.15) is 33.3 Å². The zero-order chi connectivity index (χ0) is 39.8. The van der Waals surface area contributed by atoms with Crippen LogP contribution >= 0.6 is 0 Å². The smallest absolute Gasteiger partial charge is 0.407 e. The number of aliphatic hydroxyl groups is 1. The van der Waals surface area contributed by atoms with Gasteiger partial charge in [0.1, 0.15) is 23.7 Å². The minimum atomic E-state index is -5.12. The Kier molecular flexibility index (Phi) is 14.3. The third-order valence-electron chi connectivity index (χ3n) is 7.99. The van der Waals surface area contributed by atoms with Crippen LogP contribution in [-0.2, 0) is 25.6 Å². The third-order valence-corrected chi connectivity index (χ3v) is 7.99. The van der Waals surface area contributed by atoms with Crippen molar-refractivity contribution in [3.05, 3.63) is 53.7 Å². The van der Waals surface area contributed by atoms with E-state index in [1.165, 1.54) is 12.3 Å². The molecule has 0 spiro atoms. The number of hydrogen-bond acceptors (Lipinski definition) is 9. The number of pyridine rings is 1. The first-order valence-electron chi connectivity index (χ1n) is 15.1. The van der Waals surface area contributed by atoms with Crippen molar-refractivity contribution in [2.24, 2.45) is 10.8 Å². The molecule has 2 rings (SSSR count). The number of ether oxygens (including phenoxy) is 2. The van der Waals surface area contributed by atoms with Gasteiger partial charge in [0.25, 0.3) is 5.91 Å². The molecule has 1 aromatic carbocycles. The van der Waals surface area contributed by atoms with Crippen molar-refractivity contribution in [3.63, 3.8) is 0 Å². The average Bonchev–Trinajstić information content (AvgIpc) is 3.05. The Morgan fingerprint density at radius 3 is 1.73 bits per heavy atom. The summed E-state index contributed by atoms with van der Waals surface area (Å²) in [7, 11) is 1.64. The number of carbonyl (C=O) groups is 4. The van der Waals surface area contributed by atoms with E-state index in [1.807, 2.05) is 10.7 Å². The highest BCUT2D eigenvalue weighted by Gasteiger charge is 2.57. The lowest BCUT2D eigenvalue weighted by molar-refractivity contribution is -0.221. The Morgan fingerprint density at radius 2 is 1.31 bits per heavy atom. The highest BCUT2D eigenvalue weighted by atomic mass is 19.4. The van der Waals surface area contributed by atoms with Gasteiger partial charge in [-0.3, -0.25) is 20.0 Å². The molecule has 1 aromatic heterocycles. The summed E-state index contributed by atoms with van der Waals surface area (Å²) in [6.45, 7) is -0.490. The standard InChI is InChI=1S/C31H38F8N6O7/c1-28(2,30(34,35)36)22(42-26(49)51-5)24(47)41-13-17(46)14-45(44-25(48)23(43-27(50)52-6)29(3,4)31(37,38)39)15-18-19(32)11-16(12-20(18)33)21-9-7-8-10-40-21/h7-12,17,22-23,46H,13-15H2,1-6H3,(H,41,47)(H,42,49)(H,43,50)(H,44,48)/t17-,22?,23-/m1/s1. The van der Waals surface area contributed by atoms with Gasteiger partial charge < -0.3 is 30.5 Å². The molecule has 290 valence electrons. The fourth-order valence-electron chi connectivity index (χ4n) is 4.46. The molecule has 0 fully saturated rings. The second-order valence-electron chi connectivity index (χ2n) is 12.5. The Bertz CT molecular complexity index is 1550. The lowest BCUT2D eigenvalue weighted by Gasteiger charge is -2.37. The zero-order valence-electron chi connectivity index (χ0n) is 28.6. The van der Waals surface area contributed by atoms with Gasteiger partial charge in [-0.05, 0) is 52.0 Å². The number of alkyl carbamates (subject to hydrolysis) is 2. The summed E-state index contributed by atoms with van der Waals surface area (Å²) in [5.74, 6) is -5.48. The number of rotatable bonds is 14. The van der Waals surface area contributed by atoms with Crippen LogP contribution < -0.4 is 21.4 Å². The molecule has 2 aromatic rings. The van der Waals surface area contributed by atoms with Crippen molar-refractivity contribution in [2.45, 2.75) is 64.8 Å². The normalized spacial score (nSPS) is 14.2. The molecular formula is C31H38F8N6O7. The first kappa shape index (κ1) is 43.4. The number of nitrogens with zero attached hydrogens (tertiary/aromatic N) is 2. The van der Waals surface area contributed by atoms with Gasteiger partial charge >= 0.3 is 24.5 Å². The number of hydrogen-bond donors (Lipinski definition) is 5. The maximum atomic E-state index is 15.4. The predicted molar refractivity (Wildman–Crippen MR) is 165 cm³/mol. The van der Waals surface area contributed by atoms with Gasteiger partial charge in [0.05, 0.1) is 36.8 Å². The van der Waals surface area contributed by atoms with Crippen molar-refractivity contribution in [2.75, 3.05) is 27.3 Å². The Balaban J connectivity index is 2.47. The summed E-state index contributed by atoms with van der Waals surface area (Å²) < 4.78 is 123. The molecular weight excluding hydrogens is 720 g/mol. The van der Waals surface area contributed by atoms with E-state index in [0.717, 1.165) is 26.4 Å². The summed E-state index contributed by atoms with van der Waals surface area (Å²) in [5, 5.41) is 16.8. The maximum absolute atomic E-state index is 15.4. The number of hydrazine groups is 1. The van der Waals surface area contributed by atoms with Crippen molar-refractivity contribution in [1.82, 2.24) is 31.4 Å². The van der Waals surface area contributed by atoms with Crippen molar-refractivity contribution in [3.8, 4) is 11.3 Å². The van der Waals surface area contributed by atoms with Gasteiger partial charge in [-0.15, -0.1) is 0 Å². The number of benzene rings is 1. The number of aliphatic hydroxyl groups excluding tert-OH is 1. The molecule has 1 heterocycles. The molecule has 0 aliphatic heterocycles. The van der Waals surface area contributed by atoms with E-state index >= 15 is 8.78 Å². The zero-order valence-corrected chi connectivity index (χ0v) is 28.6. The minimum Gasteiger partial charge on any atom is -0.453 e. The van der Waals surface area contributed by atoms with Crippen molar-refractivity contribution in [1.29, 1.82) is 0 Å². The van der Waals surface area contributed by atoms with E-state index in [-0.39, 0.29) is 11.3 Å². The van der Waals surface area contributed by atoms with Gasteiger partial charge in [0.2, 0.25) is 5.91 Å². The molecule has 4 amide bonds. The van der Waals surface area contributed by atoms with Crippen LogP contribution in [0.4, 0.5) is 44.7 Å². The molecule has 0 aliphatic rings. The van der Waals surface area contributed by atoms with Gasteiger partial charge in [-0.1, -0.05) is 6.07 Å². The molecule has 0 bridgehead atoms. The van der Waals surface area contributed by atoms with Gasteiger partial charge in [0, 0.05) is 37.0 Å². The average molecular weight is 759 g/mol. The van der Waals surface area contributed by atoms with E-state index < -0.39 is 102 Å². The van der Waals surface area contributed by atoms with Crippen LogP contribution in [0.3, 0.4) is 0 Å². The largest absolute Gasteiger partial charge is 0.453 e. The molecule has 0 saturated heterocycles. The maximum Gasteiger partial charge on any atom is 0.407 e. The van der Waals surface area contributed by atoms with E-state index in [0.29, 0.717) is 32.7 Å². The lowest BCUT2D eigenvalue weighted by Crippen LogP contribution is -2.62. The summed E-state index contributed by atoms with van der Waals surface area (Å²) in [6, 6.07) is 1.55. The number of nitrogens with one attached hydrogen (secondary N) is 4. The number of halogens is 8. The summed E-state index contributed by atoms with van der Waals surface area (Å²) in [4.78, 5) is 53.9. The third kappa shape index (κ3) is 10.9. The van der Waals surface area contributed by atoms with E-state index in [9.17, 15) is 50.6 Å². The van der Waals surface area contributed by atoms with E-state index in [1.54, 1.807) is 22.8 Å². The van der Waals surface area contributed by atoms with Crippen LogP contribution in [0, 0.1) is 22.5 Å². The molecule has 5 N–H and O–H groups in total. The first-order chi connectivity index (χ1) is 23.9. The van der Waals surface area contributed by atoms with Crippen LogP contribution in [0.2, 0.25) is 0 Å². The topological polar surface area (TPSA) is 171 Å².